The predicted octanol–water partition coefficient (Wildman–Crippen LogP) is 5.33. The molecule has 0 radical (unpaired) electrons. The lowest BCUT2D eigenvalue weighted by atomic mass is 9.51. The fourth-order valence-corrected chi connectivity index (χ4v) is 8.40. The number of rotatable bonds is 5. The molecule has 0 bridgehead atoms. The van der Waals surface area contributed by atoms with E-state index in [9.17, 15) is 38.6 Å². The highest BCUT2D eigenvalue weighted by Crippen LogP contribution is 2.65. The number of allylic oxidation sites excluding steroid dienone is 2. The van der Waals surface area contributed by atoms with E-state index in [0.29, 0.717) is 5.57 Å². The highest BCUT2D eigenvalue weighted by atomic mass is 35.5. The molecule has 2 aliphatic heterocycles. The number of carboxylic acid groups (broad SMARTS) is 1. The number of aromatic carboxylic acids is 1. The largest absolute Gasteiger partial charge is 0.508 e. The number of ether oxygens (including phenoxy) is 1. The first-order valence-electron chi connectivity index (χ1n) is 15.0. The molecule has 3 aromatic carbocycles. The standard InChI is InChI=1S/C35H28ClFN2O8/c1-35-22(31(42)39(34(35)46)18-9-12-24(37)23(36)14-18)15-21-19(29(35)28-25(40)7-4-8-26(28)47-2)10-11-20-27(21)32(43)38(30(20)41)17-6-3-5-16(13-17)33(44)45/h3-10,12-14,20-22,27,29,40H,11,15H2,1-2H3,(H,44,45)/t20-,21+,22-,27-,29+,35+/m0/s1. The van der Waals surface area contributed by atoms with E-state index in [1.807, 2.05) is 6.08 Å². The maximum atomic E-state index is 14.5. The van der Waals surface area contributed by atoms with Gasteiger partial charge in [0.2, 0.25) is 23.6 Å². The summed E-state index contributed by atoms with van der Waals surface area (Å²) in [7, 11) is 1.42. The minimum atomic E-state index is -1.49. The van der Waals surface area contributed by atoms with Crippen LogP contribution in [-0.4, -0.2) is 46.9 Å². The Hall–Kier alpha value is -5.03. The second kappa shape index (κ2) is 10.8. The van der Waals surface area contributed by atoms with Crippen molar-refractivity contribution in [2.45, 2.75) is 25.7 Å². The van der Waals surface area contributed by atoms with Gasteiger partial charge in [-0.25, -0.2) is 14.1 Å². The first-order valence-corrected chi connectivity index (χ1v) is 15.4. The van der Waals surface area contributed by atoms with Crippen molar-refractivity contribution in [2.24, 2.45) is 29.1 Å². The number of phenols is 1. The lowest BCUT2D eigenvalue weighted by Gasteiger charge is -2.49. The summed E-state index contributed by atoms with van der Waals surface area (Å²) < 4.78 is 19.8. The molecule has 2 N–H and O–H groups in total. The number of aromatic hydroxyl groups is 1. The van der Waals surface area contributed by atoms with Crippen LogP contribution in [0.2, 0.25) is 5.02 Å². The summed E-state index contributed by atoms with van der Waals surface area (Å²) in [4.78, 5) is 70.6. The lowest BCUT2D eigenvalue weighted by molar-refractivity contribution is -0.131. The number of phenolic OH excluding ortho intramolecular Hbond substituents is 1. The molecule has 4 aliphatic rings. The van der Waals surface area contributed by atoms with Crippen LogP contribution in [-0.2, 0) is 19.2 Å². The zero-order valence-corrected chi connectivity index (χ0v) is 25.9. The number of fused-ring (bicyclic) bond motifs is 4. The molecule has 10 nitrogen and oxygen atoms in total. The Bertz CT molecular complexity index is 1960. The molecule has 3 aromatic rings. The summed E-state index contributed by atoms with van der Waals surface area (Å²) in [5.41, 5.74) is -0.487. The normalized spacial score (nSPS) is 28.2. The Balaban J connectivity index is 1.39. The van der Waals surface area contributed by atoms with Crippen molar-refractivity contribution < 1.29 is 43.3 Å². The van der Waals surface area contributed by atoms with Gasteiger partial charge in [0.05, 0.1) is 52.2 Å². The molecular weight excluding hydrogens is 631 g/mol. The van der Waals surface area contributed by atoms with Gasteiger partial charge in [0.15, 0.2) is 0 Å². The van der Waals surface area contributed by atoms with Crippen molar-refractivity contribution in [1.29, 1.82) is 0 Å². The van der Waals surface area contributed by atoms with Crippen LogP contribution in [0.4, 0.5) is 15.8 Å². The first-order chi connectivity index (χ1) is 22.4. The summed E-state index contributed by atoms with van der Waals surface area (Å²) in [5, 5.41) is 20.5. The summed E-state index contributed by atoms with van der Waals surface area (Å²) in [5.74, 6) is -8.41. The van der Waals surface area contributed by atoms with Gasteiger partial charge in [-0.3, -0.25) is 24.1 Å². The van der Waals surface area contributed by atoms with Gasteiger partial charge in [0.25, 0.3) is 0 Å². The van der Waals surface area contributed by atoms with Gasteiger partial charge in [-0.15, -0.1) is 0 Å². The van der Waals surface area contributed by atoms with Crippen LogP contribution >= 0.6 is 11.6 Å². The molecule has 7 rings (SSSR count). The molecular formula is C35H28ClFN2O8. The van der Waals surface area contributed by atoms with Crippen molar-refractivity contribution >= 4 is 52.6 Å². The van der Waals surface area contributed by atoms with Gasteiger partial charge in [0, 0.05) is 11.5 Å². The minimum Gasteiger partial charge on any atom is -0.508 e. The summed E-state index contributed by atoms with van der Waals surface area (Å²) in [6, 6.07) is 13.8. The smallest absolute Gasteiger partial charge is 0.335 e. The van der Waals surface area contributed by atoms with Gasteiger partial charge in [-0.1, -0.05) is 35.4 Å². The van der Waals surface area contributed by atoms with E-state index in [1.54, 1.807) is 19.1 Å². The third kappa shape index (κ3) is 4.25. The molecule has 6 atom stereocenters. The highest BCUT2D eigenvalue weighted by Gasteiger charge is 2.68. The van der Waals surface area contributed by atoms with Crippen molar-refractivity contribution in [1.82, 2.24) is 0 Å². The Kier molecular flexibility index (Phi) is 7.01. The van der Waals surface area contributed by atoms with Crippen molar-refractivity contribution in [3.8, 4) is 11.5 Å². The molecule has 12 heteroatoms. The average Bonchev–Trinajstić information content (AvgIpc) is 3.42. The van der Waals surface area contributed by atoms with Gasteiger partial charge < -0.3 is 14.9 Å². The van der Waals surface area contributed by atoms with Gasteiger partial charge in [0.1, 0.15) is 17.3 Å². The van der Waals surface area contributed by atoms with Gasteiger partial charge >= 0.3 is 5.97 Å². The number of amides is 4. The summed E-state index contributed by atoms with van der Waals surface area (Å²) >= 11 is 6.05. The Labute approximate surface area is 273 Å². The van der Waals surface area contributed by atoms with Crippen LogP contribution in [0.5, 0.6) is 11.5 Å². The molecule has 2 aliphatic carbocycles. The fourth-order valence-electron chi connectivity index (χ4n) is 8.23. The third-order valence-electron chi connectivity index (χ3n) is 10.3. The number of nitrogens with zero attached hydrogens (tertiary/aromatic N) is 2. The van der Waals surface area contributed by atoms with E-state index in [1.165, 1.54) is 49.6 Å². The number of benzene rings is 3. The number of methoxy groups -OCH3 is 1. The molecule has 4 amide bonds. The molecule has 0 aromatic heterocycles. The Morgan fingerprint density at radius 3 is 2.38 bits per heavy atom. The number of carboxylic acids is 1. The number of imide groups is 2. The Morgan fingerprint density at radius 2 is 1.68 bits per heavy atom. The monoisotopic (exact) mass is 658 g/mol. The van der Waals surface area contributed by atoms with Gasteiger partial charge in [-0.05, 0) is 74.2 Å². The molecule has 3 fully saturated rings. The second-order valence-corrected chi connectivity index (χ2v) is 12.9. The number of anilines is 2. The zero-order valence-electron chi connectivity index (χ0n) is 25.1. The molecule has 2 heterocycles. The molecule has 0 unspecified atom stereocenters. The van der Waals surface area contributed by atoms with E-state index in [-0.39, 0.29) is 51.9 Å². The van der Waals surface area contributed by atoms with Crippen LogP contribution in [0.15, 0.2) is 72.3 Å². The molecule has 240 valence electrons. The first kappa shape index (κ1) is 30.6. The van der Waals surface area contributed by atoms with Crippen LogP contribution < -0.4 is 14.5 Å². The maximum absolute atomic E-state index is 14.5. The zero-order chi connectivity index (χ0) is 33.5. The topological polar surface area (TPSA) is 142 Å². The van der Waals surface area contributed by atoms with E-state index in [2.05, 4.69) is 0 Å². The number of carbonyl (C=O) groups is 5. The molecule has 0 spiro atoms. The van der Waals surface area contributed by atoms with E-state index < -0.39 is 70.4 Å². The molecule has 47 heavy (non-hydrogen) atoms. The minimum absolute atomic E-state index is 0.0357. The number of hydrogen-bond donors (Lipinski definition) is 2. The second-order valence-electron chi connectivity index (χ2n) is 12.5. The fraction of sp³-hybridized carbons (Fsp3) is 0.286. The van der Waals surface area contributed by atoms with E-state index in [0.717, 1.165) is 15.9 Å². The van der Waals surface area contributed by atoms with Crippen molar-refractivity contribution in [2.75, 3.05) is 16.9 Å². The van der Waals surface area contributed by atoms with Crippen molar-refractivity contribution in [3.63, 3.8) is 0 Å². The summed E-state index contributed by atoms with van der Waals surface area (Å²) in [6.45, 7) is 1.65. The third-order valence-corrected chi connectivity index (χ3v) is 10.6. The van der Waals surface area contributed by atoms with Crippen LogP contribution in [0.3, 0.4) is 0 Å². The lowest BCUT2D eigenvalue weighted by Crippen LogP contribution is -2.49. The molecule has 2 saturated heterocycles. The van der Waals surface area contributed by atoms with E-state index >= 15 is 0 Å². The van der Waals surface area contributed by atoms with Crippen LogP contribution in [0, 0.1) is 34.9 Å². The molecule has 1 saturated carbocycles. The van der Waals surface area contributed by atoms with Crippen molar-refractivity contribution in [3.05, 3.63) is 94.3 Å². The van der Waals surface area contributed by atoms with Gasteiger partial charge in [-0.2, -0.15) is 0 Å². The average molecular weight is 659 g/mol. The van der Waals surface area contributed by atoms with Crippen LogP contribution in [0.1, 0.15) is 41.6 Å². The summed E-state index contributed by atoms with van der Waals surface area (Å²) in [6.07, 6.45) is 2.00. The number of hydrogen-bond acceptors (Lipinski definition) is 7. The van der Waals surface area contributed by atoms with E-state index in [4.69, 9.17) is 16.3 Å². The number of halogens is 2. The predicted molar refractivity (Wildman–Crippen MR) is 167 cm³/mol. The maximum Gasteiger partial charge on any atom is 0.335 e. The highest BCUT2D eigenvalue weighted by molar-refractivity contribution is 6.32. The van der Waals surface area contributed by atoms with Crippen LogP contribution in [0.25, 0.3) is 0 Å². The SMILES string of the molecule is COc1cccc(O)c1[C@H]1C2=CC[C@@H]3C(=O)N(c4cccc(C(=O)O)c4)C(=O)[C@@H]3[C@@H]2C[C@H]2C(=O)N(c3ccc(F)c(Cl)c3)C(=O)[C@@]12C. The number of carbonyl (C=O) groups excluding carboxylic acids is 4. The Morgan fingerprint density at radius 1 is 0.957 bits per heavy atom. The quantitative estimate of drug-likeness (QED) is 0.277.